The summed E-state index contributed by atoms with van der Waals surface area (Å²) in [7, 11) is 1.37. The molecule has 5 nitrogen and oxygen atoms in total. The van der Waals surface area contributed by atoms with Crippen LogP contribution in [0.4, 0.5) is 0 Å². The molecule has 6 heteroatoms. The summed E-state index contributed by atoms with van der Waals surface area (Å²) >= 11 is 1.53. The Balaban J connectivity index is 2.38. The molecule has 0 saturated heterocycles. The van der Waals surface area contributed by atoms with E-state index < -0.39 is 5.60 Å². The summed E-state index contributed by atoms with van der Waals surface area (Å²) in [5.41, 5.74) is -1.11. The molecule has 0 aliphatic heterocycles. The fourth-order valence-corrected chi connectivity index (χ4v) is 2.31. The summed E-state index contributed by atoms with van der Waals surface area (Å²) in [5.74, 6) is -0.250. The van der Waals surface area contributed by atoms with Crippen LogP contribution in [-0.2, 0) is 22.5 Å². The third kappa shape index (κ3) is 5.14. The lowest BCUT2D eigenvalue weighted by Crippen LogP contribution is -2.40. The summed E-state index contributed by atoms with van der Waals surface area (Å²) in [4.78, 5) is 13.1. The SMILES string of the molecule is COC(=O)Cc1ccc(CNCC(C)(O)CO)s1. The summed E-state index contributed by atoms with van der Waals surface area (Å²) in [5, 5.41) is 21.5. The number of rotatable bonds is 7. The molecular weight excluding hydrogens is 254 g/mol. The molecule has 0 fully saturated rings. The Labute approximate surface area is 110 Å². The van der Waals surface area contributed by atoms with E-state index in [2.05, 4.69) is 10.1 Å². The molecule has 1 heterocycles. The quantitative estimate of drug-likeness (QED) is 0.623. The van der Waals surface area contributed by atoms with Crippen molar-refractivity contribution < 1.29 is 19.7 Å². The second-order valence-electron chi connectivity index (χ2n) is 4.38. The van der Waals surface area contributed by atoms with Crippen molar-refractivity contribution in [3.63, 3.8) is 0 Å². The predicted molar refractivity (Wildman–Crippen MR) is 69.5 cm³/mol. The molecule has 3 N–H and O–H groups in total. The average molecular weight is 273 g/mol. The summed E-state index contributed by atoms with van der Waals surface area (Å²) in [6.45, 7) is 2.20. The number of carbonyl (C=O) groups is 1. The third-order valence-corrected chi connectivity index (χ3v) is 3.49. The van der Waals surface area contributed by atoms with Gasteiger partial charge in [0, 0.05) is 22.8 Å². The van der Waals surface area contributed by atoms with Crippen molar-refractivity contribution in [3.05, 3.63) is 21.9 Å². The summed E-state index contributed by atoms with van der Waals surface area (Å²) < 4.78 is 4.60. The van der Waals surface area contributed by atoms with Crippen LogP contribution in [0, 0.1) is 0 Å². The molecule has 0 amide bonds. The number of hydrogen-bond donors (Lipinski definition) is 3. The highest BCUT2D eigenvalue weighted by atomic mass is 32.1. The highest BCUT2D eigenvalue weighted by Crippen LogP contribution is 2.17. The first kappa shape index (κ1) is 15.1. The van der Waals surface area contributed by atoms with E-state index in [4.69, 9.17) is 5.11 Å². The zero-order valence-corrected chi connectivity index (χ0v) is 11.4. The number of aliphatic hydroxyl groups is 2. The van der Waals surface area contributed by atoms with Crippen LogP contribution >= 0.6 is 11.3 Å². The number of thiophene rings is 1. The van der Waals surface area contributed by atoms with E-state index in [-0.39, 0.29) is 19.0 Å². The van der Waals surface area contributed by atoms with Gasteiger partial charge in [0.25, 0.3) is 0 Å². The van der Waals surface area contributed by atoms with Crippen molar-refractivity contribution >= 4 is 17.3 Å². The summed E-state index contributed by atoms with van der Waals surface area (Å²) in [6.07, 6.45) is 0.287. The van der Waals surface area contributed by atoms with Gasteiger partial charge in [0.1, 0.15) is 0 Å². The highest BCUT2D eigenvalue weighted by molar-refractivity contribution is 7.12. The Morgan fingerprint density at radius 1 is 1.50 bits per heavy atom. The monoisotopic (exact) mass is 273 g/mol. The Bertz CT molecular complexity index is 389. The highest BCUT2D eigenvalue weighted by Gasteiger charge is 2.17. The second-order valence-corrected chi connectivity index (χ2v) is 5.63. The Hall–Kier alpha value is -0.950. The van der Waals surface area contributed by atoms with Gasteiger partial charge in [-0.05, 0) is 19.1 Å². The van der Waals surface area contributed by atoms with E-state index in [1.54, 1.807) is 6.92 Å². The summed E-state index contributed by atoms with van der Waals surface area (Å²) in [6, 6.07) is 3.83. The average Bonchev–Trinajstić information content (AvgIpc) is 2.76. The van der Waals surface area contributed by atoms with Crippen LogP contribution in [0.1, 0.15) is 16.7 Å². The molecule has 0 saturated carbocycles. The zero-order valence-electron chi connectivity index (χ0n) is 10.6. The minimum Gasteiger partial charge on any atom is -0.469 e. The van der Waals surface area contributed by atoms with Crippen LogP contribution in [0.25, 0.3) is 0 Å². The van der Waals surface area contributed by atoms with E-state index in [0.717, 1.165) is 9.75 Å². The Morgan fingerprint density at radius 2 is 2.17 bits per heavy atom. The molecule has 0 aliphatic carbocycles. The Kier molecular flexibility index (Phi) is 5.74. The van der Waals surface area contributed by atoms with Gasteiger partial charge in [-0.1, -0.05) is 0 Å². The van der Waals surface area contributed by atoms with E-state index in [1.165, 1.54) is 18.4 Å². The van der Waals surface area contributed by atoms with E-state index in [0.29, 0.717) is 13.1 Å². The van der Waals surface area contributed by atoms with Gasteiger partial charge in [0.2, 0.25) is 0 Å². The molecule has 1 aromatic heterocycles. The first-order chi connectivity index (χ1) is 8.46. The van der Waals surface area contributed by atoms with Crippen molar-refractivity contribution in [2.24, 2.45) is 0 Å². The van der Waals surface area contributed by atoms with Crippen LogP contribution in [0.15, 0.2) is 12.1 Å². The zero-order chi connectivity index (χ0) is 13.6. The van der Waals surface area contributed by atoms with Crippen LogP contribution < -0.4 is 5.32 Å². The third-order valence-electron chi connectivity index (χ3n) is 2.41. The molecule has 1 aromatic rings. The van der Waals surface area contributed by atoms with E-state index in [9.17, 15) is 9.90 Å². The largest absolute Gasteiger partial charge is 0.469 e. The van der Waals surface area contributed by atoms with Crippen LogP contribution in [0.3, 0.4) is 0 Å². The van der Waals surface area contributed by atoms with Gasteiger partial charge in [-0.15, -0.1) is 11.3 Å². The van der Waals surface area contributed by atoms with Crippen molar-refractivity contribution in [2.45, 2.75) is 25.5 Å². The van der Waals surface area contributed by atoms with Gasteiger partial charge >= 0.3 is 5.97 Å². The maximum atomic E-state index is 11.1. The molecule has 102 valence electrons. The molecule has 0 aromatic carbocycles. The maximum Gasteiger partial charge on any atom is 0.310 e. The number of aliphatic hydroxyl groups excluding tert-OH is 1. The van der Waals surface area contributed by atoms with Gasteiger partial charge in [-0.25, -0.2) is 0 Å². The maximum absolute atomic E-state index is 11.1. The lowest BCUT2D eigenvalue weighted by atomic mass is 10.1. The molecule has 1 unspecified atom stereocenters. The molecule has 0 aliphatic rings. The smallest absolute Gasteiger partial charge is 0.310 e. The van der Waals surface area contributed by atoms with E-state index in [1.807, 2.05) is 12.1 Å². The lowest BCUT2D eigenvalue weighted by molar-refractivity contribution is -0.139. The lowest BCUT2D eigenvalue weighted by Gasteiger charge is -2.20. The standard InChI is InChI=1S/C12H19NO4S/c1-12(16,8-14)7-13-6-10-4-3-9(18-10)5-11(15)17-2/h3-4,13-14,16H,5-8H2,1-2H3. The molecule has 18 heavy (non-hydrogen) atoms. The van der Waals surface area contributed by atoms with Crippen molar-refractivity contribution in [1.29, 1.82) is 0 Å². The van der Waals surface area contributed by atoms with Crippen LogP contribution in [0.5, 0.6) is 0 Å². The van der Waals surface area contributed by atoms with Gasteiger partial charge in [-0.3, -0.25) is 4.79 Å². The number of ether oxygens (including phenoxy) is 1. The number of carbonyl (C=O) groups excluding carboxylic acids is 1. The van der Waals surface area contributed by atoms with Gasteiger partial charge in [0.05, 0.1) is 25.7 Å². The van der Waals surface area contributed by atoms with Crippen molar-refractivity contribution in [2.75, 3.05) is 20.3 Å². The number of methoxy groups -OCH3 is 1. The number of nitrogens with one attached hydrogen (secondary N) is 1. The first-order valence-corrected chi connectivity index (χ1v) is 6.47. The molecular formula is C12H19NO4S. The molecule has 0 bridgehead atoms. The predicted octanol–water partition coefficient (Wildman–Crippen LogP) is 0.297. The second kappa shape index (κ2) is 6.84. The van der Waals surface area contributed by atoms with Gasteiger partial charge in [0.15, 0.2) is 0 Å². The fraction of sp³-hybridized carbons (Fsp3) is 0.583. The molecule has 0 radical (unpaired) electrons. The van der Waals surface area contributed by atoms with Crippen molar-refractivity contribution in [1.82, 2.24) is 5.32 Å². The number of esters is 1. The van der Waals surface area contributed by atoms with Crippen molar-refractivity contribution in [3.8, 4) is 0 Å². The van der Waals surface area contributed by atoms with Crippen LogP contribution in [0.2, 0.25) is 0 Å². The molecule has 0 spiro atoms. The Morgan fingerprint density at radius 3 is 2.78 bits per heavy atom. The van der Waals surface area contributed by atoms with Gasteiger partial charge < -0.3 is 20.3 Å². The molecule has 1 atom stereocenters. The first-order valence-electron chi connectivity index (χ1n) is 5.65. The minimum atomic E-state index is -1.11. The number of hydrogen-bond acceptors (Lipinski definition) is 6. The molecule has 1 rings (SSSR count). The topological polar surface area (TPSA) is 78.8 Å². The normalized spacial score (nSPS) is 14.2. The van der Waals surface area contributed by atoms with Crippen LogP contribution in [-0.4, -0.2) is 42.0 Å². The minimum absolute atomic E-state index is 0.250. The van der Waals surface area contributed by atoms with E-state index >= 15 is 0 Å². The van der Waals surface area contributed by atoms with Gasteiger partial charge in [-0.2, -0.15) is 0 Å². The fourth-order valence-electron chi connectivity index (χ4n) is 1.34.